The number of ketones is 1. The number of esters is 1. The van der Waals surface area contributed by atoms with Crippen molar-refractivity contribution in [2.75, 3.05) is 14.2 Å². The topological polar surface area (TPSA) is 61.8 Å². The second-order valence-electron chi connectivity index (χ2n) is 4.66. The van der Waals surface area contributed by atoms with Crippen LogP contribution in [0.25, 0.3) is 0 Å². The Hall–Kier alpha value is -2.53. The fraction of sp³-hybridized carbons (Fsp3) is 0.176. The molecule has 120 valence electrons. The van der Waals surface area contributed by atoms with Crippen molar-refractivity contribution in [3.05, 3.63) is 52.5 Å². The Bertz CT molecular complexity index is 755. The SMILES string of the molecule is COc1ccc(C(=O)Oc2ccc(Cl)cc2C(C)=O)cc1OC. The van der Waals surface area contributed by atoms with E-state index in [1.165, 1.54) is 39.3 Å². The third-order valence-corrected chi connectivity index (χ3v) is 3.38. The van der Waals surface area contributed by atoms with Gasteiger partial charge in [-0.2, -0.15) is 0 Å². The minimum atomic E-state index is -0.615. The van der Waals surface area contributed by atoms with Gasteiger partial charge < -0.3 is 14.2 Å². The van der Waals surface area contributed by atoms with Gasteiger partial charge in [-0.05, 0) is 43.3 Å². The van der Waals surface area contributed by atoms with Crippen molar-refractivity contribution >= 4 is 23.4 Å². The van der Waals surface area contributed by atoms with Gasteiger partial charge in [0.15, 0.2) is 17.3 Å². The van der Waals surface area contributed by atoms with Crippen LogP contribution in [-0.4, -0.2) is 26.0 Å². The van der Waals surface area contributed by atoms with Crippen LogP contribution in [0.3, 0.4) is 0 Å². The molecule has 0 aliphatic rings. The Morgan fingerprint density at radius 3 is 2.17 bits per heavy atom. The first kappa shape index (κ1) is 16.8. The molecule has 0 aliphatic carbocycles. The summed E-state index contributed by atoms with van der Waals surface area (Å²) in [6.45, 7) is 1.37. The Morgan fingerprint density at radius 2 is 1.57 bits per heavy atom. The number of halogens is 1. The zero-order valence-corrected chi connectivity index (χ0v) is 13.6. The zero-order valence-electron chi connectivity index (χ0n) is 12.9. The molecular formula is C17H15ClO5. The van der Waals surface area contributed by atoms with E-state index in [4.69, 9.17) is 25.8 Å². The number of hydrogen-bond acceptors (Lipinski definition) is 5. The second-order valence-corrected chi connectivity index (χ2v) is 5.09. The van der Waals surface area contributed by atoms with Gasteiger partial charge in [0.25, 0.3) is 0 Å². The van der Waals surface area contributed by atoms with Gasteiger partial charge >= 0.3 is 5.97 Å². The summed E-state index contributed by atoms with van der Waals surface area (Å²) in [6, 6.07) is 9.14. The normalized spacial score (nSPS) is 10.1. The molecule has 0 N–H and O–H groups in total. The summed E-state index contributed by atoms with van der Waals surface area (Å²) in [5.41, 5.74) is 0.512. The first-order chi connectivity index (χ1) is 11.0. The van der Waals surface area contributed by atoms with E-state index in [0.717, 1.165) is 0 Å². The van der Waals surface area contributed by atoms with Crippen LogP contribution >= 0.6 is 11.6 Å². The summed E-state index contributed by atoms with van der Waals surface area (Å²) in [4.78, 5) is 23.9. The molecule has 5 nitrogen and oxygen atoms in total. The van der Waals surface area contributed by atoms with Crippen LogP contribution in [-0.2, 0) is 0 Å². The van der Waals surface area contributed by atoms with E-state index in [2.05, 4.69) is 0 Å². The van der Waals surface area contributed by atoms with E-state index < -0.39 is 5.97 Å². The first-order valence-corrected chi connectivity index (χ1v) is 7.08. The average molecular weight is 335 g/mol. The third kappa shape index (κ3) is 3.81. The molecule has 2 aromatic carbocycles. The molecular weight excluding hydrogens is 320 g/mol. The number of rotatable bonds is 5. The number of ether oxygens (including phenoxy) is 3. The molecule has 0 aliphatic heterocycles. The van der Waals surface area contributed by atoms with Crippen molar-refractivity contribution in [3.8, 4) is 17.2 Å². The van der Waals surface area contributed by atoms with Gasteiger partial charge in [-0.25, -0.2) is 4.79 Å². The molecule has 0 atom stereocenters. The lowest BCUT2D eigenvalue weighted by Crippen LogP contribution is -2.11. The molecule has 0 bridgehead atoms. The highest BCUT2D eigenvalue weighted by Crippen LogP contribution is 2.29. The van der Waals surface area contributed by atoms with Gasteiger partial charge in [0, 0.05) is 5.02 Å². The van der Waals surface area contributed by atoms with Crippen molar-refractivity contribution < 1.29 is 23.8 Å². The quantitative estimate of drug-likeness (QED) is 0.473. The van der Waals surface area contributed by atoms with Gasteiger partial charge in [-0.3, -0.25) is 4.79 Å². The summed E-state index contributed by atoms with van der Waals surface area (Å²) in [6.07, 6.45) is 0. The van der Waals surface area contributed by atoms with Crippen LogP contribution in [0, 0.1) is 0 Å². The van der Waals surface area contributed by atoms with E-state index >= 15 is 0 Å². The molecule has 0 radical (unpaired) electrons. The summed E-state index contributed by atoms with van der Waals surface area (Å²) in [5.74, 6) is 0.199. The van der Waals surface area contributed by atoms with Gasteiger partial charge in [-0.1, -0.05) is 11.6 Å². The molecule has 0 fully saturated rings. The molecule has 2 aromatic rings. The number of hydrogen-bond donors (Lipinski definition) is 0. The van der Waals surface area contributed by atoms with Crippen molar-refractivity contribution in [1.29, 1.82) is 0 Å². The monoisotopic (exact) mass is 334 g/mol. The highest BCUT2D eigenvalue weighted by Gasteiger charge is 2.16. The van der Waals surface area contributed by atoms with Crippen LogP contribution in [0.2, 0.25) is 5.02 Å². The smallest absolute Gasteiger partial charge is 0.343 e. The van der Waals surface area contributed by atoms with Crippen LogP contribution in [0.4, 0.5) is 0 Å². The maximum atomic E-state index is 12.3. The molecule has 2 rings (SSSR count). The van der Waals surface area contributed by atoms with Gasteiger partial charge in [-0.15, -0.1) is 0 Å². The number of carbonyl (C=O) groups excluding carboxylic acids is 2. The predicted octanol–water partition coefficient (Wildman–Crippen LogP) is 3.78. The molecule has 0 unspecified atom stereocenters. The Balaban J connectivity index is 2.31. The summed E-state index contributed by atoms with van der Waals surface area (Å²) >= 11 is 5.86. The first-order valence-electron chi connectivity index (χ1n) is 6.71. The average Bonchev–Trinajstić information content (AvgIpc) is 2.55. The molecule has 0 spiro atoms. The minimum absolute atomic E-state index is 0.154. The second kappa shape index (κ2) is 7.15. The number of Topliss-reactive ketones (excluding diaryl/α,β-unsaturated/α-hetero) is 1. The lowest BCUT2D eigenvalue weighted by molar-refractivity contribution is 0.0732. The van der Waals surface area contributed by atoms with Crippen molar-refractivity contribution in [2.45, 2.75) is 6.92 Å². The van der Waals surface area contributed by atoms with Crippen LogP contribution < -0.4 is 14.2 Å². The van der Waals surface area contributed by atoms with Gasteiger partial charge in [0.2, 0.25) is 0 Å². The van der Waals surface area contributed by atoms with Crippen molar-refractivity contribution in [3.63, 3.8) is 0 Å². The summed E-state index contributed by atoms with van der Waals surface area (Å²) in [7, 11) is 2.97. The number of carbonyl (C=O) groups is 2. The predicted molar refractivity (Wildman–Crippen MR) is 86.0 cm³/mol. The van der Waals surface area contributed by atoms with E-state index in [-0.39, 0.29) is 22.7 Å². The van der Waals surface area contributed by atoms with Crippen LogP contribution in [0.1, 0.15) is 27.6 Å². The lowest BCUT2D eigenvalue weighted by atomic mass is 10.1. The highest BCUT2D eigenvalue weighted by atomic mass is 35.5. The van der Waals surface area contributed by atoms with E-state index in [0.29, 0.717) is 16.5 Å². The molecule has 0 aromatic heterocycles. The van der Waals surface area contributed by atoms with Crippen molar-refractivity contribution in [2.24, 2.45) is 0 Å². The van der Waals surface area contributed by atoms with Crippen molar-refractivity contribution in [1.82, 2.24) is 0 Å². The van der Waals surface area contributed by atoms with E-state index in [9.17, 15) is 9.59 Å². The number of benzene rings is 2. The van der Waals surface area contributed by atoms with Crippen LogP contribution in [0.5, 0.6) is 17.2 Å². The Morgan fingerprint density at radius 1 is 0.913 bits per heavy atom. The standard InChI is InChI=1S/C17H15ClO5/c1-10(19)13-9-12(18)5-7-14(13)23-17(20)11-4-6-15(21-2)16(8-11)22-3/h4-9H,1-3H3. The Kier molecular flexibility index (Phi) is 5.24. The lowest BCUT2D eigenvalue weighted by Gasteiger charge is -2.11. The van der Waals surface area contributed by atoms with Gasteiger partial charge in [0.05, 0.1) is 25.3 Å². The molecule has 6 heteroatoms. The maximum Gasteiger partial charge on any atom is 0.343 e. The summed E-state index contributed by atoms with van der Waals surface area (Å²) in [5, 5.41) is 0.390. The fourth-order valence-corrected chi connectivity index (χ4v) is 2.16. The fourth-order valence-electron chi connectivity index (χ4n) is 1.99. The molecule has 0 saturated heterocycles. The zero-order chi connectivity index (χ0) is 17.0. The molecule has 0 heterocycles. The molecule has 0 amide bonds. The third-order valence-electron chi connectivity index (χ3n) is 3.14. The Labute approximate surface area is 138 Å². The molecule has 0 saturated carbocycles. The highest BCUT2D eigenvalue weighted by molar-refractivity contribution is 6.31. The summed E-state index contributed by atoms with van der Waals surface area (Å²) < 4.78 is 15.6. The van der Waals surface area contributed by atoms with Gasteiger partial charge in [0.1, 0.15) is 5.75 Å². The van der Waals surface area contributed by atoms with E-state index in [1.54, 1.807) is 18.2 Å². The van der Waals surface area contributed by atoms with E-state index in [1.807, 2.05) is 0 Å². The number of methoxy groups -OCH3 is 2. The largest absolute Gasteiger partial charge is 0.493 e. The molecule has 23 heavy (non-hydrogen) atoms. The maximum absolute atomic E-state index is 12.3. The minimum Gasteiger partial charge on any atom is -0.493 e. The van der Waals surface area contributed by atoms with Crippen LogP contribution in [0.15, 0.2) is 36.4 Å².